The lowest BCUT2D eigenvalue weighted by molar-refractivity contribution is -0.125. The molecule has 3 heterocycles. The lowest BCUT2D eigenvalue weighted by atomic mass is 9.74. The van der Waals surface area contributed by atoms with Crippen molar-refractivity contribution in [2.24, 2.45) is 0 Å². The Morgan fingerprint density at radius 2 is 1.79 bits per heavy atom. The van der Waals surface area contributed by atoms with Gasteiger partial charge in [0.15, 0.2) is 0 Å². The van der Waals surface area contributed by atoms with Gasteiger partial charge in [0.1, 0.15) is 10.3 Å². The van der Waals surface area contributed by atoms with Crippen molar-refractivity contribution in [2.75, 3.05) is 10.6 Å². The van der Waals surface area contributed by atoms with E-state index in [0.717, 1.165) is 11.3 Å². The van der Waals surface area contributed by atoms with Gasteiger partial charge in [-0.2, -0.15) is 0 Å². The first-order valence-corrected chi connectivity index (χ1v) is 9.99. The number of carboxylic acid groups (broad SMARTS) is 1. The molecule has 144 valence electrons. The van der Waals surface area contributed by atoms with E-state index in [4.69, 9.17) is 11.6 Å². The molecule has 0 aliphatic carbocycles. The van der Waals surface area contributed by atoms with Crippen LogP contribution >= 0.6 is 22.9 Å². The number of nitrogens with one attached hydrogen (secondary N) is 2. The van der Waals surface area contributed by atoms with Crippen LogP contribution in [0.25, 0.3) is 11.1 Å². The van der Waals surface area contributed by atoms with Gasteiger partial charge in [0, 0.05) is 21.8 Å². The molecule has 0 saturated heterocycles. The third-order valence-electron chi connectivity index (χ3n) is 5.35. The van der Waals surface area contributed by atoms with Crippen molar-refractivity contribution < 1.29 is 19.5 Å². The molecule has 8 heteroatoms. The lowest BCUT2D eigenvalue weighted by Crippen LogP contribution is -2.42. The Morgan fingerprint density at radius 3 is 2.55 bits per heavy atom. The number of thiophene rings is 1. The molecule has 2 aromatic carbocycles. The minimum atomic E-state index is -1.26. The fourth-order valence-corrected chi connectivity index (χ4v) is 5.68. The molecule has 0 fully saturated rings. The topological polar surface area (TPSA) is 95.5 Å². The van der Waals surface area contributed by atoms with Gasteiger partial charge in [0.05, 0.1) is 17.0 Å². The first-order valence-electron chi connectivity index (χ1n) is 8.80. The molecular formula is C21H13ClN2O4S. The van der Waals surface area contributed by atoms with Crippen LogP contribution in [0.3, 0.4) is 0 Å². The molecule has 2 aliphatic heterocycles. The molecule has 5 rings (SSSR count). The number of aromatic carboxylic acids is 1. The Balaban J connectivity index is 1.87. The van der Waals surface area contributed by atoms with Gasteiger partial charge < -0.3 is 15.7 Å². The number of fused-ring (bicyclic) bond motifs is 4. The fraction of sp³-hybridized carbons (Fsp3) is 0.0952. The molecule has 1 unspecified atom stereocenters. The molecule has 1 spiro atoms. The van der Waals surface area contributed by atoms with Gasteiger partial charge in [-0.05, 0) is 17.7 Å². The summed E-state index contributed by atoms with van der Waals surface area (Å²) in [4.78, 5) is 38.5. The molecule has 0 saturated carbocycles. The predicted octanol–water partition coefficient (Wildman–Crippen LogP) is 4.35. The highest BCUT2D eigenvalue weighted by molar-refractivity contribution is 7.15. The maximum Gasteiger partial charge on any atom is 0.346 e. The van der Waals surface area contributed by atoms with Crippen LogP contribution in [0.5, 0.6) is 0 Å². The minimum absolute atomic E-state index is 0.0295. The van der Waals surface area contributed by atoms with Crippen molar-refractivity contribution in [3.8, 4) is 11.1 Å². The molecule has 1 aromatic heterocycles. The highest BCUT2D eigenvalue weighted by atomic mass is 35.5. The van der Waals surface area contributed by atoms with Crippen molar-refractivity contribution >= 4 is 52.1 Å². The molecule has 29 heavy (non-hydrogen) atoms. The van der Waals surface area contributed by atoms with E-state index in [2.05, 4.69) is 10.6 Å². The van der Waals surface area contributed by atoms with E-state index in [1.807, 2.05) is 0 Å². The van der Waals surface area contributed by atoms with Crippen LogP contribution in [-0.4, -0.2) is 22.9 Å². The number of para-hydroxylation sites is 1. The fourth-order valence-electron chi connectivity index (χ4n) is 4.14. The average Bonchev–Trinajstić information content (AvgIpc) is 3.19. The van der Waals surface area contributed by atoms with E-state index in [-0.39, 0.29) is 23.1 Å². The molecule has 2 amide bonds. The zero-order valence-electron chi connectivity index (χ0n) is 14.8. The van der Waals surface area contributed by atoms with E-state index in [9.17, 15) is 19.5 Å². The average molecular weight is 425 g/mol. The number of carbonyl (C=O) groups is 3. The third-order valence-corrected chi connectivity index (χ3v) is 7.02. The van der Waals surface area contributed by atoms with Crippen molar-refractivity contribution in [2.45, 2.75) is 11.8 Å². The Morgan fingerprint density at radius 1 is 1.07 bits per heavy atom. The van der Waals surface area contributed by atoms with Gasteiger partial charge in [0.25, 0.3) is 0 Å². The Labute approximate surface area is 174 Å². The van der Waals surface area contributed by atoms with Crippen LogP contribution in [0.1, 0.15) is 26.5 Å². The summed E-state index contributed by atoms with van der Waals surface area (Å²) in [6.07, 6.45) is -0.0929. The van der Waals surface area contributed by atoms with E-state index in [1.165, 1.54) is 0 Å². The molecule has 0 radical (unpaired) electrons. The van der Waals surface area contributed by atoms with Gasteiger partial charge >= 0.3 is 5.97 Å². The smallest absolute Gasteiger partial charge is 0.346 e. The second-order valence-electron chi connectivity index (χ2n) is 6.93. The molecule has 3 aromatic rings. The molecule has 1 atom stereocenters. The Hall–Kier alpha value is -3.16. The number of halogens is 1. The summed E-state index contributed by atoms with van der Waals surface area (Å²) < 4.78 is 0. The standard InChI is InChI=1S/C21H13ClN2O4S/c22-12-7-3-1-5-10(12)15-16-18(29-17(15)19(26)27)21(9-14(25)24-16)11-6-2-4-8-13(11)23-20(21)28/h1-8H,9H2,(H,23,28)(H,24,25)(H,26,27). The summed E-state index contributed by atoms with van der Waals surface area (Å²) >= 11 is 7.36. The number of hydrogen-bond donors (Lipinski definition) is 3. The zero-order chi connectivity index (χ0) is 20.3. The van der Waals surface area contributed by atoms with Gasteiger partial charge in [0.2, 0.25) is 11.8 Å². The largest absolute Gasteiger partial charge is 0.477 e. The second-order valence-corrected chi connectivity index (χ2v) is 8.35. The van der Waals surface area contributed by atoms with Crippen LogP contribution in [0, 0.1) is 0 Å². The predicted molar refractivity (Wildman–Crippen MR) is 111 cm³/mol. The monoisotopic (exact) mass is 424 g/mol. The molecule has 2 aliphatic rings. The van der Waals surface area contributed by atoms with Crippen molar-refractivity contribution in [1.82, 2.24) is 0 Å². The third kappa shape index (κ3) is 2.38. The van der Waals surface area contributed by atoms with Gasteiger partial charge in [-0.25, -0.2) is 4.79 Å². The summed E-state index contributed by atoms with van der Waals surface area (Å²) in [7, 11) is 0. The number of benzene rings is 2. The summed E-state index contributed by atoms with van der Waals surface area (Å²) in [5.41, 5.74) is 1.19. The maximum atomic E-state index is 13.2. The summed E-state index contributed by atoms with van der Waals surface area (Å²) in [6, 6.07) is 14.0. The molecular weight excluding hydrogens is 412 g/mol. The van der Waals surface area contributed by atoms with Gasteiger partial charge in [-0.1, -0.05) is 48.0 Å². The second kappa shape index (κ2) is 6.17. The maximum absolute atomic E-state index is 13.2. The van der Waals surface area contributed by atoms with E-state index >= 15 is 0 Å². The van der Waals surface area contributed by atoms with Crippen LogP contribution in [-0.2, 0) is 15.0 Å². The Kier molecular flexibility index (Phi) is 3.81. The zero-order valence-corrected chi connectivity index (χ0v) is 16.4. The number of carbonyl (C=O) groups excluding carboxylic acids is 2. The minimum Gasteiger partial charge on any atom is -0.477 e. The van der Waals surface area contributed by atoms with Crippen molar-refractivity contribution in [1.29, 1.82) is 0 Å². The lowest BCUT2D eigenvalue weighted by Gasteiger charge is -2.31. The van der Waals surface area contributed by atoms with Crippen LogP contribution in [0.2, 0.25) is 5.02 Å². The van der Waals surface area contributed by atoms with E-state index < -0.39 is 11.4 Å². The first-order chi connectivity index (χ1) is 13.9. The summed E-state index contributed by atoms with van der Waals surface area (Å²) in [5.74, 6) is -1.83. The summed E-state index contributed by atoms with van der Waals surface area (Å²) in [6.45, 7) is 0. The van der Waals surface area contributed by atoms with Crippen molar-refractivity contribution in [3.63, 3.8) is 0 Å². The number of amides is 2. The van der Waals surface area contributed by atoms with Crippen molar-refractivity contribution in [3.05, 3.63) is 68.9 Å². The Bertz CT molecular complexity index is 1240. The summed E-state index contributed by atoms with van der Waals surface area (Å²) in [5, 5.41) is 15.9. The first kappa shape index (κ1) is 17.9. The quantitative estimate of drug-likeness (QED) is 0.570. The van der Waals surface area contributed by atoms with Gasteiger partial charge in [-0.3, -0.25) is 9.59 Å². The number of rotatable bonds is 2. The number of carboxylic acids is 1. The molecule has 3 N–H and O–H groups in total. The van der Waals surface area contributed by atoms with E-state index in [0.29, 0.717) is 38.0 Å². The SMILES string of the molecule is O=C1CC2(C(=O)Nc3ccccc32)c2sc(C(=O)O)c(-c3ccccc3Cl)c2N1. The normalized spacial score (nSPS) is 19.5. The van der Waals surface area contributed by atoms with E-state index in [1.54, 1.807) is 48.5 Å². The number of hydrogen-bond acceptors (Lipinski definition) is 4. The van der Waals surface area contributed by atoms with Crippen LogP contribution in [0.4, 0.5) is 11.4 Å². The molecule has 0 bridgehead atoms. The van der Waals surface area contributed by atoms with Crippen LogP contribution in [0.15, 0.2) is 48.5 Å². The molecule has 6 nitrogen and oxygen atoms in total. The highest BCUT2D eigenvalue weighted by Gasteiger charge is 2.55. The van der Waals surface area contributed by atoms with Crippen LogP contribution < -0.4 is 10.6 Å². The highest BCUT2D eigenvalue weighted by Crippen LogP contribution is 2.56. The number of anilines is 2. The van der Waals surface area contributed by atoms with Gasteiger partial charge in [-0.15, -0.1) is 11.3 Å².